The summed E-state index contributed by atoms with van der Waals surface area (Å²) >= 11 is 0. The minimum Gasteiger partial charge on any atom is -0.507 e. The molecule has 0 bridgehead atoms. The summed E-state index contributed by atoms with van der Waals surface area (Å²) in [6.45, 7) is 1.42. The molecule has 0 aliphatic rings. The van der Waals surface area contributed by atoms with Gasteiger partial charge in [0.2, 0.25) is 0 Å². The Morgan fingerprint density at radius 3 is 2.48 bits per heavy atom. The van der Waals surface area contributed by atoms with Crippen molar-refractivity contribution >= 4 is 17.4 Å². The summed E-state index contributed by atoms with van der Waals surface area (Å²) in [5, 5.41) is 12.4. The van der Waals surface area contributed by atoms with Gasteiger partial charge in [-0.1, -0.05) is 12.1 Å². The highest BCUT2D eigenvalue weighted by Gasteiger charge is 2.15. The first-order chi connectivity index (χ1) is 10.0. The van der Waals surface area contributed by atoms with Crippen molar-refractivity contribution in [2.24, 2.45) is 0 Å². The molecule has 0 saturated heterocycles. The van der Waals surface area contributed by atoms with E-state index in [1.807, 2.05) is 0 Å². The molecule has 0 fully saturated rings. The number of carbonyl (C=O) groups excluding carboxylic acids is 2. The van der Waals surface area contributed by atoms with Crippen LogP contribution in [0.3, 0.4) is 0 Å². The highest BCUT2D eigenvalue weighted by molar-refractivity contribution is 6.10. The molecule has 2 aromatic carbocycles. The fourth-order valence-electron chi connectivity index (χ4n) is 1.91. The van der Waals surface area contributed by atoms with E-state index >= 15 is 0 Å². The summed E-state index contributed by atoms with van der Waals surface area (Å²) in [6.07, 6.45) is 0. The average molecular weight is 285 g/mol. The van der Waals surface area contributed by atoms with E-state index in [4.69, 9.17) is 4.74 Å². The predicted octanol–water partition coefficient (Wildman–Crippen LogP) is 2.86. The smallest absolute Gasteiger partial charge is 0.259 e. The zero-order valence-electron chi connectivity index (χ0n) is 11.7. The number of aromatic hydroxyl groups is 1. The number of nitrogens with one attached hydrogen (secondary N) is 1. The fourth-order valence-corrected chi connectivity index (χ4v) is 1.91. The Morgan fingerprint density at radius 2 is 1.81 bits per heavy atom. The van der Waals surface area contributed by atoms with Gasteiger partial charge in [-0.05, 0) is 37.3 Å². The molecule has 108 valence electrons. The van der Waals surface area contributed by atoms with Gasteiger partial charge in [0.15, 0.2) is 5.78 Å². The van der Waals surface area contributed by atoms with E-state index in [0.29, 0.717) is 17.0 Å². The van der Waals surface area contributed by atoms with Crippen LogP contribution in [0.15, 0.2) is 42.5 Å². The van der Waals surface area contributed by atoms with Gasteiger partial charge in [-0.25, -0.2) is 0 Å². The standard InChI is InChI=1S/C16H15NO4/c1-10(18)12-5-3-4-6-14(12)17-16(20)13-9-11(21-2)7-8-15(13)19/h3-9,19H,1-2H3,(H,17,20). The molecular weight excluding hydrogens is 270 g/mol. The van der Waals surface area contributed by atoms with Crippen molar-refractivity contribution in [3.63, 3.8) is 0 Å². The number of Topliss-reactive ketones (excluding diaryl/α,β-unsaturated/α-hetero) is 1. The highest BCUT2D eigenvalue weighted by atomic mass is 16.5. The van der Waals surface area contributed by atoms with Crippen LogP contribution in [0.5, 0.6) is 11.5 Å². The van der Waals surface area contributed by atoms with Crippen LogP contribution in [-0.2, 0) is 0 Å². The molecule has 5 nitrogen and oxygen atoms in total. The lowest BCUT2D eigenvalue weighted by Gasteiger charge is -2.10. The number of phenols is 1. The fraction of sp³-hybridized carbons (Fsp3) is 0.125. The Bertz CT molecular complexity index is 694. The van der Waals surface area contributed by atoms with Gasteiger partial charge in [-0.3, -0.25) is 9.59 Å². The number of para-hydroxylation sites is 1. The van der Waals surface area contributed by atoms with E-state index in [1.54, 1.807) is 30.3 Å². The van der Waals surface area contributed by atoms with E-state index in [9.17, 15) is 14.7 Å². The normalized spacial score (nSPS) is 10.0. The molecule has 0 radical (unpaired) electrons. The lowest BCUT2D eigenvalue weighted by atomic mass is 10.1. The number of hydrogen-bond donors (Lipinski definition) is 2. The molecule has 0 heterocycles. The summed E-state index contributed by atoms with van der Waals surface area (Å²) in [6, 6.07) is 11.1. The molecule has 0 aliphatic carbocycles. The first kappa shape index (κ1) is 14.6. The third kappa shape index (κ3) is 3.20. The van der Waals surface area contributed by atoms with Gasteiger partial charge in [0, 0.05) is 5.56 Å². The molecule has 0 unspecified atom stereocenters. The average Bonchev–Trinajstić information content (AvgIpc) is 2.48. The van der Waals surface area contributed by atoms with Crippen molar-refractivity contribution in [2.75, 3.05) is 12.4 Å². The van der Waals surface area contributed by atoms with Crippen molar-refractivity contribution in [3.8, 4) is 11.5 Å². The van der Waals surface area contributed by atoms with Crippen LogP contribution in [0.1, 0.15) is 27.6 Å². The van der Waals surface area contributed by atoms with Crippen LogP contribution < -0.4 is 10.1 Å². The van der Waals surface area contributed by atoms with Crippen molar-refractivity contribution in [1.82, 2.24) is 0 Å². The van der Waals surface area contributed by atoms with Crippen LogP contribution >= 0.6 is 0 Å². The molecule has 0 aliphatic heterocycles. The van der Waals surface area contributed by atoms with E-state index < -0.39 is 5.91 Å². The minimum atomic E-state index is -0.514. The van der Waals surface area contributed by atoms with Crippen molar-refractivity contribution < 1.29 is 19.4 Å². The molecule has 0 atom stereocenters. The van der Waals surface area contributed by atoms with Crippen molar-refractivity contribution in [3.05, 3.63) is 53.6 Å². The minimum absolute atomic E-state index is 0.0766. The Balaban J connectivity index is 2.33. The van der Waals surface area contributed by atoms with E-state index in [-0.39, 0.29) is 17.1 Å². The number of rotatable bonds is 4. The lowest BCUT2D eigenvalue weighted by Crippen LogP contribution is -2.14. The number of carbonyl (C=O) groups is 2. The molecule has 2 rings (SSSR count). The zero-order valence-corrected chi connectivity index (χ0v) is 11.7. The van der Waals surface area contributed by atoms with E-state index in [2.05, 4.69) is 5.32 Å². The third-order valence-corrected chi connectivity index (χ3v) is 3.00. The topological polar surface area (TPSA) is 75.6 Å². The Kier molecular flexibility index (Phi) is 4.23. The second-order valence-corrected chi connectivity index (χ2v) is 4.44. The maximum atomic E-state index is 12.2. The summed E-state index contributed by atoms with van der Waals surface area (Å²) in [5.74, 6) is -0.368. The van der Waals surface area contributed by atoms with Crippen LogP contribution in [0.2, 0.25) is 0 Å². The number of hydrogen-bond acceptors (Lipinski definition) is 4. The highest BCUT2D eigenvalue weighted by Crippen LogP contribution is 2.24. The molecule has 2 aromatic rings. The number of methoxy groups -OCH3 is 1. The van der Waals surface area contributed by atoms with Gasteiger partial charge in [0.05, 0.1) is 18.4 Å². The van der Waals surface area contributed by atoms with Gasteiger partial charge < -0.3 is 15.2 Å². The second-order valence-electron chi connectivity index (χ2n) is 4.44. The Morgan fingerprint density at radius 1 is 1.10 bits per heavy atom. The molecule has 0 saturated carbocycles. The molecular formula is C16H15NO4. The lowest BCUT2D eigenvalue weighted by molar-refractivity contribution is 0.101. The second kappa shape index (κ2) is 6.09. The quantitative estimate of drug-likeness (QED) is 0.847. The number of amides is 1. The zero-order chi connectivity index (χ0) is 15.4. The Hall–Kier alpha value is -2.82. The summed E-state index contributed by atoms with van der Waals surface area (Å²) < 4.78 is 5.03. The van der Waals surface area contributed by atoms with Crippen molar-refractivity contribution in [1.29, 1.82) is 0 Å². The monoisotopic (exact) mass is 285 g/mol. The number of benzene rings is 2. The number of anilines is 1. The van der Waals surface area contributed by atoms with Crippen LogP contribution in [0, 0.1) is 0 Å². The van der Waals surface area contributed by atoms with E-state index in [1.165, 1.54) is 26.2 Å². The molecule has 1 amide bonds. The third-order valence-electron chi connectivity index (χ3n) is 3.00. The maximum Gasteiger partial charge on any atom is 0.259 e. The van der Waals surface area contributed by atoms with Gasteiger partial charge in [0.25, 0.3) is 5.91 Å². The first-order valence-corrected chi connectivity index (χ1v) is 6.31. The van der Waals surface area contributed by atoms with Gasteiger partial charge in [-0.2, -0.15) is 0 Å². The predicted molar refractivity (Wildman–Crippen MR) is 79.1 cm³/mol. The van der Waals surface area contributed by atoms with Crippen LogP contribution in [-0.4, -0.2) is 23.9 Å². The molecule has 5 heteroatoms. The summed E-state index contributed by atoms with van der Waals surface area (Å²) in [5.41, 5.74) is 0.887. The van der Waals surface area contributed by atoms with Gasteiger partial charge in [0.1, 0.15) is 11.5 Å². The molecule has 2 N–H and O–H groups in total. The summed E-state index contributed by atoms with van der Waals surface area (Å²) in [4.78, 5) is 23.8. The molecule has 21 heavy (non-hydrogen) atoms. The Labute approximate surface area is 122 Å². The van der Waals surface area contributed by atoms with Crippen molar-refractivity contribution in [2.45, 2.75) is 6.92 Å². The summed E-state index contributed by atoms with van der Waals surface area (Å²) in [7, 11) is 1.47. The molecule has 0 spiro atoms. The SMILES string of the molecule is COc1ccc(O)c(C(=O)Nc2ccccc2C(C)=O)c1. The van der Waals surface area contributed by atoms with Gasteiger partial charge >= 0.3 is 0 Å². The maximum absolute atomic E-state index is 12.2. The number of ether oxygens (including phenoxy) is 1. The number of ketones is 1. The first-order valence-electron chi connectivity index (χ1n) is 6.31. The molecule has 0 aromatic heterocycles. The number of phenolic OH excluding ortho intramolecular Hbond substituents is 1. The van der Waals surface area contributed by atoms with E-state index in [0.717, 1.165) is 0 Å². The van der Waals surface area contributed by atoms with Crippen LogP contribution in [0.25, 0.3) is 0 Å². The van der Waals surface area contributed by atoms with Crippen LogP contribution in [0.4, 0.5) is 5.69 Å². The van der Waals surface area contributed by atoms with Gasteiger partial charge in [-0.15, -0.1) is 0 Å². The largest absolute Gasteiger partial charge is 0.507 e.